The lowest BCUT2D eigenvalue weighted by molar-refractivity contribution is 0.661. The van der Waals surface area contributed by atoms with Gasteiger partial charge in [-0.1, -0.05) is 141 Å². The highest BCUT2D eigenvalue weighted by atomic mass is 16.3. The zero-order chi connectivity index (χ0) is 35.5. The van der Waals surface area contributed by atoms with E-state index in [9.17, 15) is 0 Å². The molecule has 9 aromatic rings. The van der Waals surface area contributed by atoms with Crippen molar-refractivity contribution in [2.24, 2.45) is 0 Å². The van der Waals surface area contributed by atoms with Crippen LogP contribution in [0.4, 0.5) is 17.1 Å². The van der Waals surface area contributed by atoms with Gasteiger partial charge < -0.3 is 9.32 Å². The van der Waals surface area contributed by atoms with Gasteiger partial charge in [0.15, 0.2) is 0 Å². The second-order valence-corrected chi connectivity index (χ2v) is 14.5. The lowest BCUT2D eigenvalue weighted by Crippen LogP contribution is -2.15. The number of hydrogen-bond donors (Lipinski definition) is 0. The first-order valence-electron chi connectivity index (χ1n) is 18.3. The van der Waals surface area contributed by atoms with Gasteiger partial charge in [-0.2, -0.15) is 0 Å². The highest BCUT2D eigenvalue weighted by Crippen LogP contribution is 2.54. The highest BCUT2D eigenvalue weighted by Gasteiger charge is 2.38. The first-order valence-corrected chi connectivity index (χ1v) is 18.3. The number of anilines is 3. The van der Waals surface area contributed by atoms with Gasteiger partial charge in [0.05, 0.1) is 0 Å². The van der Waals surface area contributed by atoms with Gasteiger partial charge in [0, 0.05) is 39.3 Å². The van der Waals surface area contributed by atoms with Gasteiger partial charge in [-0.25, -0.2) is 0 Å². The van der Waals surface area contributed by atoms with Gasteiger partial charge in [0.1, 0.15) is 11.2 Å². The average molecular weight is 680 g/mol. The van der Waals surface area contributed by atoms with Crippen LogP contribution in [0, 0.1) is 0 Å². The normalized spacial score (nSPS) is 12.9. The average Bonchev–Trinajstić information content (AvgIpc) is 3.70. The molecule has 0 spiro atoms. The lowest BCUT2D eigenvalue weighted by Gasteiger charge is -2.26. The van der Waals surface area contributed by atoms with Crippen LogP contribution in [0.5, 0.6) is 0 Å². The number of furan rings is 1. The fourth-order valence-electron chi connectivity index (χ4n) is 8.45. The van der Waals surface area contributed by atoms with Crippen LogP contribution in [0.25, 0.3) is 66.4 Å². The Hall–Kier alpha value is -6.64. The minimum absolute atomic E-state index is 0.154. The van der Waals surface area contributed by atoms with Crippen LogP contribution < -0.4 is 4.90 Å². The Morgan fingerprint density at radius 3 is 1.68 bits per heavy atom. The van der Waals surface area contributed by atoms with Crippen molar-refractivity contribution in [2.45, 2.75) is 19.3 Å². The second-order valence-electron chi connectivity index (χ2n) is 14.5. The molecule has 0 bridgehead atoms. The van der Waals surface area contributed by atoms with E-state index in [1.807, 2.05) is 12.1 Å². The van der Waals surface area contributed by atoms with E-state index in [4.69, 9.17) is 4.42 Å². The summed E-state index contributed by atoms with van der Waals surface area (Å²) in [6, 6.07) is 67.8. The molecule has 1 aliphatic rings. The molecule has 53 heavy (non-hydrogen) atoms. The SMILES string of the molecule is CC1(C)c2cc(-c3ccc(N(c4ccccc4)c4ccc5c(c4)oc4ccccc45)cc3)c(-c3ccccc3)cc2-c2c(-c3ccccc3)cccc21. The number of benzene rings is 8. The van der Waals surface area contributed by atoms with Crippen LogP contribution in [0.3, 0.4) is 0 Å². The zero-order valence-corrected chi connectivity index (χ0v) is 29.8. The predicted octanol–water partition coefficient (Wildman–Crippen LogP) is 14.4. The molecule has 1 aliphatic carbocycles. The predicted molar refractivity (Wildman–Crippen MR) is 222 cm³/mol. The molecule has 0 saturated carbocycles. The van der Waals surface area contributed by atoms with Gasteiger partial charge in [-0.05, 0) is 110 Å². The standard InChI is InChI=1S/C51H37NO/c1-51(2)46-23-14-22-40(34-15-6-3-7-16-34)50(46)45-32-43(35-17-8-4-9-18-35)44(33-47(45)51)36-25-27-38(28-26-36)52(37-19-10-5-11-20-37)39-29-30-42-41-21-12-13-24-48(41)53-49(42)31-39/h3-33H,1-2H3. The van der Waals surface area contributed by atoms with Gasteiger partial charge >= 0.3 is 0 Å². The summed E-state index contributed by atoms with van der Waals surface area (Å²) in [5.41, 5.74) is 17.6. The van der Waals surface area contributed by atoms with E-state index in [-0.39, 0.29) is 5.41 Å². The van der Waals surface area contributed by atoms with Crippen LogP contribution in [-0.2, 0) is 5.41 Å². The van der Waals surface area contributed by atoms with Crippen molar-refractivity contribution in [3.8, 4) is 44.5 Å². The van der Waals surface area contributed by atoms with Gasteiger partial charge in [-0.15, -0.1) is 0 Å². The van der Waals surface area contributed by atoms with Crippen molar-refractivity contribution in [1.29, 1.82) is 0 Å². The Morgan fingerprint density at radius 1 is 0.377 bits per heavy atom. The Balaban J connectivity index is 1.12. The van der Waals surface area contributed by atoms with Crippen LogP contribution in [0.15, 0.2) is 192 Å². The third-order valence-corrected chi connectivity index (χ3v) is 11.1. The maximum Gasteiger partial charge on any atom is 0.137 e. The third kappa shape index (κ3) is 5.10. The van der Waals surface area contributed by atoms with E-state index in [1.165, 1.54) is 55.6 Å². The fourth-order valence-corrected chi connectivity index (χ4v) is 8.45. The molecule has 0 atom stereocenters. The summed E-state index contributed by atoms with van der Waals surface area (Å²) in [5, 5.41) is 2.26. The molecule has 0 saturated heterocycles. The van der Waals surface area contributed by atoms with E-state index in [0.29, 0.717) is 0 Å². The molecule has 0 aliphatic heterocycles. The quantitative estimate of drug-likeness (QED) is 0.174. The molecule has 0 unspecified atom stereocenters. The van der Waals surface area contributed by atoms with Crippen LogP contribution >= 0.6 is 0 Å². The van der Waals surface area contributed by atoms with E-state index in [0.717, 1.165) is 39.0 Å². The van der Waals surface area contributed by atoms with E-state index in [1.54, 1.807) is 0 Å². The maximum atomic E-state index is 6.33. The van der Waals surface area contributed by atoms with Gasteiger partial charge in [0.25, 0.3) is 0 Å². The van der Waals surface area contributed by atoms with E-state index in [2.05, 4.69) is 195 Å². The first kappa shape index (κ1) is 31.1. The summed E-state index contributed by atoms with van der Waals surface area (Å²) < 4.78 is 6.33. The molecule has 2 nitrogen and oxygen atoms in total. The Bertz CT molecular complexity index is 2780. The van der Waals surface area contributed by atoms with Gasteiger partial charge in [-0.3, -0.25) is 0 Å². The number of nitrogens with zero attached hydrogens (tertiary/aromatic N) is 1. The summed E-state index contributed by atoms with van der Waals surface area (Å²) in [4.78, 5) is 2.31. The molecule has 1 aromatic heterocycles. The van der Waals surface area contributed by atoms with Crippen molar-refractivity contribution in [3.05, 3.63) is 199 Å². The van der Waals surface area contributed by atoms with Crippen LogP contribution in [0.2, 0.25) is 0 Å². The lowest BCUT2D eigenvalue weighted by atomic mass is 9.80. The van der Waals surface area contributed by atoms with Crippen LogP contribution in [-0.4, -0.2) is 0 Å². The van der Waals surface area contributed by atoms with Crippen molar-refractivity contribution in [2.75, 3.05) is 4.90 Å². The molecule has 0 fully saturated rings. The molecule has 1 heterocycles. The number of rotatable bonds is 6. The molecule has 0 N–H and O–H groups in total. The summed E-state index contributed by atoms with van der Waals surface area (Å²) in [6.07, 6.45) is 0. The van der Waals surface area contributed by atoms with Crippen LogP contribution in [0.1, 0.15) is 25.0 Å². The largest absolute Gasteiger partial charge is 0.456 e. The number of para-hydroxylation sites is 2. The third-order valence-electron chi connectivity index (χ3n) is 11.1. The molecule has 2 heteroatoms. The van der Waals surface area contributed by atoms with Crippen molar-refractivity contribution in [1.82, 2.24) is 0 Å². The topological polar surface area (TPSA) is 16.4 Å². The summed E-state index contributed by atoms with van der Waals surface area (Å²) >= 11 is 0. The maximum absolute atomic E-state index is 6.33. The summed E-state index contributed by atoms with van der Waals surface area (Å²) in [6.45, 7) is 4.75. The molecule has 10 rings (SSSR count). The Kier molecular flexibility index (Phi) is 7.19. The summed E-state index contributed by atoms with van der Waals surface area (Å²) in [5.74, 6) is 0. The number of hydrogen-bond acceptors (Lipinski definition) is 2. The Morgan fingerprint density at radius 2 is 0.943 bits per heavy atom. The second kappa shape index (κ2) is 12.3. The first-order chi connectivity index (χ1) is 26.0. The molecule has 0 amide bonds. The molecular weight excluding hydrogens is 643 g/mol. The highest BCUT2D eigenvalue weighted by molar-refractivity contribution is 6.06. The molecule has 8 aromatic carbocycles. The van der Waals surface area contributed by atoms with Crippen molar-refractivity contribution in [3.63, 3.8) is 0 Å². The monoisotopic (exact) mass is 679 g/mol. The Labute approximate surface area is 310 Å². The minimum Gasteiger partial charge on any atom is -0.456 e. The molecular formula is C51H37NO. The summed E-state index contributed by atoms with van der Waals surface area (Å²) in [7, 11) is 0. The zero-order valence-electron chi connectivity index (χ0n) is 29.8. The smallest absolute Gasteiger partial charge is 0.137 e. The molecule has 252 valence electrons. The fraction of sp³-hybridized carbons (Fsp3) is 0.0588. The van der Waals surface area contributed by atoms with Crippen molar-refractivity contribution < 1.29 is 4.42 Å². The van der Waals surface area contributed by atoms with Gasteiger partial charge in [0.2, 0.25) is 0 Å². The molecule has 0 radical (unpaired) electrons. The van der Waals surface area contributed by atoms with E-state index < -0.39 is 0 Å². The van der Waals surface area contributed by atoms with E-state index >= 15 is 0 Å². The minimum atomic E-state index is -0.154. The number of fused-ring (bicyclic) bond motifs is 6. The van der Waals surface area contributed by atoms with Crippen molar-refractivity contribution >= 4 is 39.0 Å².